The largest absolute Gasteiger partial charge is 0.350 e. The molecule has 2 heteroatoms. The molecule has 2 saturated heterocycles. The van der Waals surface area contributed by atoms with Crippen LogP contribution in [0.5, 0.6) is 0 Å². The van der Waals surface area contributed by atoms with Crippen LogP contribution >= 0.6 is 0 Å². The van der Waals surface area contributed by atoms with E-state index in [2.05, 4.69) is 30.8 Å². The Morgan fingerprint density at radius 2 is 1.95 bits per heavy atom. The second-order valence-electron chi connectivity index (χ2n) is 5.59. The molecular formula is C17H22O2. The molecule has 2 aliphatic rings. The number of hydrogen-bond acceptors (Lipinski definition) is 2. The first-order chi connectivity index (χ1) is 9.31. The summed E-state index contributed by atoms with van der Waals surface area (Å²) in [6.45, 7) is 4.63. The van der Waals surface area contributed by atoms with Crippen LogP contribution in [0.25, 0.3) is 6.08 Å². The Balaban J connectivity index is 1.71. The molecule has 0 saturated carbocycles. The van der Waals surface area contributed by atoms with Gasteiger partial charge in [-0.05, 0) is 30.4 Å². The third kappa shape index (κ3) is 2.75. The molecule has 2 heterocycles. The van der Waals surface area contributed by atoms with Crippen LogP contribution in [0.2, 0.25) is 0 Å². The van der Waals surface area contributed by atoms with Gasteiger partial charge in [0, 0.05) is 12.8 Å². The zero-order valence-electron chi connectivity index (χ0n) is 11.4. The molecule has 2 atom stereocenters. The third-order valence-corrected chi connectivity index (χ3v) is 4.26. The van der Waals surface area contributed by atoms with Crippen LogP contribution in [0.15, 0.2) is 30.8 Å². The van der Waals surface area contributed by atoms with Crippen LogP contribution in [0.3, 0.4) is 0 Å². The molecule has 2 unspecified atom stereocenters. The highest BCUT2D eigenvalue weighted by molar-refractivity contribution is 5.47. The number of benzene rings is 1. The molecule has 3 rings (SSSR count). The molecule has 19 heavy (non-hydrogen) atoms. The molecule has 1 spiro atoms. The van der Waals surface area contributed by atoms with Crippen molar-refractivity contribution in [3.05, 3.63) is 42.0 Å². The Morgan fingerprint density at radius 1 is 1.11 bits per heavy atom. The molecule has 0 radical (unpaired) electrons. The van der Waals surface area contributed by atoms with Gasteiger partial charge in [0.15, 0.2) is 5.79 Å². The lowest BCUT2D eigenvalue weighted by Crippen LogP contribution is -2.30. The van der Waals surface area contributed by atoms with E-state index in [4.69, 9.17) is 9.47 Å². The van der Waals surface area contributed by atoms with E-state index in [0.29, 0.717) is 0 Å². The van der Waals surface area contributed by atoms with Crippen molar-refractivity contribution in [1.29, 1.82) is 0 Å². The highest BCUT2D eigenvalue weighted by atomic mass is 16.7. The third-order valence-electron chi connectivity index (χ3n) is 4.26. The summed E-state index contributed by atoms with van der Waals surface area (Å²) < 4.78 is 12.3. The van der Waals surface area contributed by atoms with Gasteiger partial charge in [0.2, 0.25) is 0 Å². The van der Waals surface area contributed by atoms with Crippen LogP contribution in [0.4, 0.5) is 0 Å². The number of hydrogen-bond donors (Lipinski definition) is 0. The first kappa shape index (κ1) is 12.9. The molecule has 2 fully saturated rings. The van der Waals surface area contributed by atoms with Gasteiger partial charge in [-0.2, -0.15) is 0 Å². The zero-order chi connectivity index (χ0) is 13.1. The van der Waals surface area contributed by atoms with E-state index in [0.717, 1.165) is 31.4 Å². The van der Waals surface area contributed by atoms with Gasteiger partial charge in [0.1, 0.15) is 0 Å². The monoisotopic (exact) mass is 258 g/mol. The molecule has 102 valence electrons. The molecule has 1 aromatic rings. The minimum Gasteiger partial charge on any atom is -0.350 e. The highest BCUT2D eigenvalue weighted by Gasteiger charge is 2.41. The first-order valence-electron chi connectivity index (χ1n) is 7.35. The van der Waals surface area contributed by atoms with Crippen molar-refractivity contribution in [3.8, 4) is 0 Å². The van der Waals surface area contributed by atoms with Gasteiger partial charge in [0.05, 0.1) is 12.7 Å². The lowest BCUT2D eigenvalue weighted by Gasteiger charge is -2.28. The van der Waals surface area contributed by atoms with Crippen LogP contribution in [-0.2, 0) is 9.47 Å². The smallest absolute Gasteiger partial charge is 0.169 e. The van der Waals surface area contributed by atoms with Crippen molar-refractivity contribution in [2.45, 2.75) is 50.4 Å². The van der Waals surface area contributed by atoms with Crippen molar-refractivity contribution < 1.29 is 9.47 Å². The summed E-state index contributed by atoms with van der Waals surface area (Å²) in [5, 5.41) is 0. The standard InChI is InChI=1S/C17H22O2/c1-2-14-6-8-15(9-7-14)16-10-12-17(19-16)11-4-3-5-13-18-17/h2,6-9,16H,1,3-5,10-13H2. The Bertz CT molecular complexity index is 427. The van der Waals surface area contributed by atoms with E-state index in [1.165, 1.54) is 24.8 Å². The maximum absolute atomic E-state index is 6.28. The summed E-state index contributed by atoms with van der Waals surface area (Å²) in [6, 6.07) is 8.50. The summed E-state index contributed by atoms with van der Waals surface area (Å²) in [4.78, 5) is 0. The summed E-state index contributed by atoms with van der Waals surface area (Å²) in [6.07, 6.45) is 8.87. The Morgan fingerprint density at radius 3 is 2.74 bits per heavy atom. The lowest BCUT2D eigenvalue weighted by molar-refractivity contribution is -0.227. The van der Waals surface area contributed by atoms with Crippen molar-refractivity contribution in [2.24, 2.45) is 0 Å². The second-order valence-corrected chi connectivity index (χ2v) is 5.59. The first-order valence-corrected chi connectivity index (χ1v) is 7.35. The Kier molecular flexibility index (Phi) is 3.72. The molecular weight excluding hydrogens is 236 g/mol. The van der Waals surface area contributed by atoms with E-state index in [-0.39, 0.29) is 11.9 Å². The zero-order valence-corrected chi connectivity index (χ0v) is 11.4. The molecule has 0 N–H and O–H groups in total. The summed E-state index contributed by atoms with van der Waals surface area (Å²) in [5.41, 5.74) is 2.41. The van der Waals surface area contributed by atoms with Crippen LogP contribution < -0.4 is 0 Å². The van der Waals surface area contributed by atoms with Crippen molar-refractivity contribution >= 4 is 6.08 Å². The minimum absolute atomic E-state index is 0.192. The van der Waals surface area contributed by atoms with Gasteiger partial charge in [-0.15, -0.1) is 0 Å². The number of ether oxygens (including phenoxy) is 2. The molecule has 0 bridgehead atoms. The molecule has 0 amide bonds. The van der Waals surface area contributed by atoms with E-state index < -0.39 is 0 Å². The maximum Gasteiger partial charge on any atom is 0.169 e. The fourth-order valence-electron chi connectivity index (χ4n) is 3.10. The van der Waals surface area contributed by atoms with Gasteiger partial charge in [-0.3, -0.25) is 0 Å². The van der Waals surface area contributed by atoms with E-state index >= 15 is 0 Å². The molecule has 2 nitrogen and oxygen atoms in total. The van der Waals surface area contributed by atoms with E-state index in [1.54, 1.807) is 0 Å². The average molecular weight is 258 g/mol. The van der Waals surface area contributed by atoms with Gasteiger partial charge >= 0.3 is 0 Å². The number of rotatable bonds is 2. The van der Waals surface area contributed by atoms with E-state index in [1.807, 2.05) is 6.08 Å². The second kappa shape index (κ2) is 5.48. The Hall–Kier alpha value is -1.12. The van der Waals surface area contributed by atoms with Crippen LogP contribution in [0, 0.1) is 0 Å². The fourth-order valence-corrected chi connectivity index (χ4v) is 3.10. The predicted octanol–water partition coefficient (Wildman–Crippen LogP) is 4.47. The molecule has 0 aromatic heterocycles. The SMILES string of the molecule is C=Cc1ccc(C2CCC3(CCCCCO3)O2)cc1. The van der Waals surface area contributed by atoms with Crippen molar-refractivity contribution in [3.63, 3.8) is 0 Å². The summed E-state index contributed by atoms with van der Waals surface area (Å²) >= 11 is 0. The summed E-state index contributed by atoms with van der Waals surface area (Å²) in [5.74, 6) is -0.293. The molecule has 1 aromatic carbocycles. The minimum atomic E-state index is -0.293. The van der Waals surface area contributed by atoms with Gasteiger partial charge in [0.25, 0.3) is 0 Å². The normalized spacial score (nSPS) is 31.3. The topological polar surface area (TPSA) is 18.5 Å². The molecule has 0 aliphatic carbocycles. The predicted molar refractivity (Wildman–Crippen MR) is 76.7 cm³/mol. The maximum atomic E-state index is 6.28. The fraction of sp³-hybridized carbons (Fsp3) is 0.529. The Labute approximate surface area is 115 Å². The van der Waals surface area contributed by atoms with Crippen LogP contribution in [-0.4, -0.2) is 12.4 Å². The highest BCUT2D eigenvalue weighted by Crippen LogP contribution is 2.44. The van der Waals surface area contributed by atoms with E-state index in [9.17, 15) is 0 Å². The van der Waals surface area contributed by atoms with Crippen molar-refractivity contribution in [1.82, 2.24) is 0 Å². The van der Waals surface area contributed by atoms with Gasteiger partial charge in [-0.25, -0.2) is 0 Å². The average Bonchev–Trinajstić information content (AvgIpc) is 2.73. The van der Waals surface area contributed by atoms with Crippen molar-refractivity contribution in [2.75, 3.05) is 6.61 Å². The van der Waals surface area contributed by atoms with Gasteiger partial charge in [-0.1, -0.05) is 43.3 Å². The lowest BCUT2D eigenvalue weighted by atomic mass is 10.0. The molecule has 2 aliphatic heterocycles. The summed E-state index contributed by atoms with van der Waals surface area (Å²) in [7, 11) is 0. The van der Waals surface area contributed by atoms with Crippen LogP contribution in [0.1, 0.15) is 55.8 Å². The van der Waals surface area contributed by atoms with Gasteiger partial charge < -0.3 is 9.47 Å². The quantitative estimate of drug-likeness (QED) is 0.779.